The Kier molecular flexibility index (Phi) is 6.57. The minimum atomic E-state index is 0.0993. The highest BCUT2D eigenvalue weighted by Crippen LogP contribution is 2.28. The molecule has 0 spiro atoms. The van der Waals surface area contributed by atoms with Crippen molar-refractivity contribution in [2.75, 3.05) is 37.6 Å². The summed E-state index contributed by atoms with van der Waals surface area (Å²) in [4.78, 5) is 17.5. The molecular formula is C24H37N7O. The number of piperidine rings is 1. The van der Waals surface area contributed by atoms with Gasteiger partial charge in [0.25, 0.3) is 0 Å². The summed E-state index contributed by atoms with van der Waals surface area (Å²) in [6, 6.07) is 4.81. The molecule has 1 saturated carbocycles. The number of amides is 1. The molecule has 5 rings (SSSR count). The molecule has 2 aliphatic heterocycles. The van der Waals surface area contributed by atoms with Crippen molar-refractivity contribution in [3.8, 4) is 0 Å². The second-order valence-electron chi connectivity index (χ2n) is 10.1. The smallest absolute Gasteiger partial charge is 0.220 e. The summed E-state index contributed by atoms with van der Waals surface area (Å²) in [5.74, 6) is 3.21. The summed E-state index contributed by atoms with van der Waals surface area (Å²) >= 11 is 0. The molecule has 0 radical (unpaired) electrons. The highest BCUT2D eigenvalue weighted by molar-refractivity contribution is 5.76. The van der Waals surface area contributed by atoms with Crippen molar-refractivity contribution >= 4 is 17.4 Å². The summed E-state index contributed by atoms with van der Waals surface area (Å²) in [5.41, 5.74) is 0.743. The average Bonchev–Trinajstić information content (AvgIpc) is 3.57. The molecule has 174 valence electrons. The lowest BCUT2D eigenvalue weighted by Gasteiger charge is -2.30. The third kappa shape index (κ3) is 4.90. The second-order valence-corrected chi connectivity index (χ2v) is 10.1. The van der Waals surface area contributed by atoms with Crippen molar-refractivity contribution in [3.63, 3.8) is 0 Å². The van der Waals surface area contributed by atoms with Crippen LogP contribution in [0.2, 0.25) is 0 Å². The van der Waals surface area contributed by atoms with Gasteiger partial charge in [0.2, 0.25) is 5.91 Å². The monoisotopic (exact) mass is 439 g/mol. The van der Waals surface area contributed by atoms with Gasteiger partial charge in [0.15, 0.2) is 11.5 Å². The zero-order chi connectivity index (χ0) is 21.9. The molecule has 3 fully saturated rings. The molecule has 2 aromatic heterocycles. The van der Waals surface area contributed by atoms with Crippen molar-refractivity contribution in [2.24, 2.45) is 11.8 Å². The average molecular weight is 440 g/mol. The van der Waals surface area contributed by atoms with Gasteiger partial charge in [-0.05, 0) is 62.6 Å². The molecule has 1 amide bonds. The SMILES string of the molecule is CC1CCN(c2ccc3nnc(CCC(=O)NC[C@H]4CCN(C5CCCC5)C4)n3n2)CC1. The number of carbonyl (C=O) groups is 1. The van der Waals surface area contributed by atoms with E-state index < -0.39 is 0 Å². The lowest BCUT2D eigenvalue weighted by atomic mass is 9.99. The number of fused-ring (bicyclic) bond motifs is 1. The van der Waals surface area contributed by atoms with Gasteiger partial charge in [-0.15, -0.1) is 15.3 Å². The predicted octanol–water partition coefficient (Wildman–Crippen LogP) is 2.67. The van der Waals surface area contributed by atoms with Crippen molar-refractivity contribution in [2.45, 2.75) is 70.8 Å². The number of aryl methyl sites for hydroxylation is 1. The molecule has 1 aliphatic carbocycles. The molecule has 8 nitrogen and oxygen atoms in total. The first-order chi connectivity index (χ1) is 15.7. The third-order valence-corrected chi connectivity index (χ3v) is 7.74. The maximum atomic E-state index is 12.5. The number of carbonyl (C=O) groups excluding carboxylic acids is 1. The fourth-order valence-electron chi connectivity index (χ4n) is 5.59. The van der Waals surface area contributed by atoms with Crippen molar-refractivity contribution in [1.82, 2.24) is 30.0 Å². The Morgan fingerprint density at radius 3 is 2.69 bits per heavy atom. The van der Waals surface area contributed by atoms with Crippen LogP contribution < -0.4 is 10.2 Å². The van der Waals surface area contributed by atoms with Gasteiger partial charge in [-0.2, -0.15) is 4.52 Å². The molecule has 0 unspecified atom stereocenters. The standard InChI is InChI=1S/C24H37N7O/c1-18-10-13-29(14-11-18)23-7-6-21-26-27-22(31(21)28-23)8-9-24(32)25-16-19-12-15-30(17-19)20-4-2-3-5-20/h6-7,18-20H,2-5,8-17H2,1H3,(H,25,32)/t19-/m1/s1. The van der Waals surface area contributed by atoms with Crippen LogP contribution in [0.1, 0.15) is 64.1 Å². The number of likely N-dealkylation sites (tertiary alicyclic amines) is 1. The van der Waals surface area contributed by atoms with E-state index in [0.717, 1.165) is 55.4 Å². The van der Waals surface area contributed by atoms with Crippen LogP contribution in [-0.4, -0.2) is 69.4 Å². The maximum Gasteiger partial charge on any atom is 0.220 e. The van der Waals surface area contributed by atoms with E-state index in [2.05, 4.69) is 32.2 Å². The quantitative estimate of drug-likeness (QED) is 0.715. The first-order valence-electron chi connectivity index (χ1n) is 12.6. The fourth-order valence-corrected chi connectivity index (χ4v) is 5.59. The van der Waals surface area contributed by atoms with Gasteiger partial charge < -0.3 is 15.1 Å². The maximum absolute atomic E-state index is 12.5. The molecule has 8 heteroatoms. The minimum Gasteiger partial charge on any atom is -0.356 e. The van der Waals surface area contributed by atoms with E-state index in [0.29, 0.717) is 18.8 Å². The Morgan fingerprint density at radius 1 is 1.06 bits per heavy atom. The summed E-state index contributed by atoms with van der Waals surface area (Å²) in [7, 11) is 0. The molecule has 2 aromatic rings. The number of anilines is 1. The van der Waals surface area contributed by atoms with Crippen LogP contribution in [-0.2, 0) is 11.2 Å². The number of hydrogen-bond donors (Lipinski definition) is 1. The van der Waals surface area contributed by atoms with E-state index in [4.69, 9.17) is 5.10 Å². The van der Waals surface area contributed by atoms with Gasteiger partial charge in [-0.3, -0.25) is 4.79 Å². The molecule has 1 N–H and O–H groups in total. The highest BCUT2D eigenvalue weighted by atomic mass is 16.1. The fraction of sp³-hybridized carbons (Fsp3) is 0.750. The Bertz CT molecular complexity index is 914. The molecule has 4 heterocycles. The lowest BCUT2D eigenvalue weighted by molar-refractivity contribution is -0.121. The summed E-state index contributed by atoms with van der Waals surface area (Å²) in [6.45, 7) is 7.52. The molecule has 0 aromatic carbocycles. The molecule has 2 saturated heterocycles. The van der Waals surface area contributed by atoms with Gasteiger partial charge in [0.05, 0.1) is 0 Å². The van der Waals surface area contributed by atoms with Crippen molar-refractivity contribution in [3.05, 3.63) is 18.0 Å². The second kappa shape index (κ2) is 9.73. The number of nitrogens with zero attached hydrogens (tertiary/aromatic N) is 6. The van der Waals surface area contributed by atoms with Crippen molar-refractivity contribution < 1.29 is 4.79 Å². The molecule has 32 heavy (non-hydrogen) atoms. The first kappa shape index (κ1) is 21.6. The van der Waals surface area contributed by atoms with Gasteiger partial charge in [0, 0.05) is 45.1 Å². The van der Waals surface area contributed by atoms with Gasteiger partial charge in [-0.25, -0.2) is 0 Å². The topological polar surface area (TPSA) is 78.7 Å². The molecule has 0 bridgehead atoms. The Hall–Kier alpha value is -2.22. The normalized spacial score (nSPS) is 23.4. The number of nitrogens with one attached hydrogen (secondary N) is 1. The Labute approximate surface area is 190 Å². The van der Waals surface area contributed by atoms with E-state index in [-0.39, 0.29) is 5.91 Å². The molecule has 3 aliphatic rings. The lowest BCUT2D eigenvalue weighted by Crippen LogP contribution is -2.34. The van der Waals surface area contributed by atoms with Gasteiger partial charge in [0.1, 0.15) is 5.82 Å². The number of rotatable bonds is 7. The van der Waals surface area contributed by atoms with Crippen LogP contribution in [0.3, 0.4) is 0 Å². The predicted molar refractivity (Wildman–Crippen MR) is 125 cm³/mol. The molecular weight excluding hydrogens is 402 g/mol. The van der Waals surface area contributed by atoms with Crippen LogP contribution in [0.4, 0.5) is 5.82 Å². The van der Waals surface area contributed by atoms with E-state index in [1.54, 1.807) is 0 Å². The van der Waals surface area contributed by atoms with E-state index >= 15 is 0 Å². The van der Waals surface area contributed by atoms with E-state index in [1.165, 1.54) is 51.5 Å². The van der Waals surface area contributed by atoms with Crippen LogP contribution in [0.5, 0.6) is 0 Å². The number of aromatic nitrogens is 4. The van der Waals surface area contributed by atoms with Gasteiger partial charge in [-0.1, -0.05) is 19.8 Å². The summed E-state index contributed by atoms with van der Waals surface area (Å²) in [5, 5.41) is 16.5. The number of hydrogen-bond acceptors (Lipinski definition) is 6. The summed E-state index contributed by atoms with van der Waals surface area (Å²) in [6.07, 6.45) is 10.1. The van der Waals surface area contributed by atoms with E-state index in [9.17, 15) is 4.79 Å². The Morgan fingerprint density at radius 2 is 1.88 bits per heavy atom. The minimum absolute atomic E-state index is 0.0993. The first-order valence-corrected chi connectivity index (χ1v) is 12.6. The summed E-state index contributed by atoms with van der Waals surface area (Å²) < 4.78 is 1.82. The third-order valence-electron chi connectivity index (χ3n) is 7.74. The van der Waals surface area contributed by atoms with Crippen LogP contribution in [0, 0.1) is 11.8 Å². The van der Waals surface area contributed by atoms with E-state index in [1.807, 2.05) is 16.6 Å². The van der Waals surface area contributed by atoms with Crippen LogP contribution in [0.15, 0.2) is 12.1 Å². The molecule has 1 atom stereocenters. The van der Waals surface area contributed by atoms with Crippen molar-refractivity contribution in [1.29, 1.82) is 0 Å². The zero-order valence-corrected chi connectivity index (χ0v) is 19.4. The highest BCUT2D eigenvalue weighted by Gasteiger charge is 2.30. The Balaban J connectivity index is 1.11. The van der Waals surface area contributed by atoms with Crippen LogP contribution >= 0.6 is 0 Å². The zero-order valence-electron chi connectivity index (χ0n) is 19.4. The van der Waals surface area contributed by atoms with Crippen LogP contribution in [0.25, 0.3) is 5.65 Å². The largest absolute Gasteiger partial charge is 0.356 e. The van der Waals surface area contributed by atoms with Gasteiger partial charge >= 0.3 is 0 Å².